The second-order valence-electron chi connectivity index (χ2n) is 5.96. The number of hydrogen-bond acceptors (Lipinski definition) is 4. The highest BCUT2D eigenvalue weighted by atomic mass is 35.5. The maximum atomic E-state index is 12.6. The van der Waals surface area contributed by atoms with Gasteiger partial charge in [0.2, 0.25) is 0 Å². The lowest BCUT2D eigenvalue weighted by atomic mass is 10.2. The minimum absolute atomic E-state index is 0.0132. The highest BCUT2D eigenvalue weighted by Crippen LogP contribution is 2.12. The quantitative estimate of drug-likeness (QED) is 0.514. The van der Waals surface area contributed by atoms with Crippen molar-refractivity contribution in [1.29, 1.82) is 0 Å². The number of carbonyl (C=O) groups is 1. The van der Waals surface area contributed by atoms with E-state index in [0.29, 0.717) is 11.6 Å². The molecule has 0 saturated carbocycles. The van der Waals surface area contributed by atoms with Crippen LogP contribution in [0.15, 0.2) is 76.8 Å². The molecular weight excluding hydrogens is 378 g/mol. The van der Waals surface area contributed by atoms with Crippen molar-refractivity contribution in [3.05, 3.63) is 98.9 Å². The molecule has 3 aromatic rings. The average Bonchev–Trinajstić information content (AvgIpc) is 2.70. The lowest BCUT2D eigenvalue weighted by Crippen LogP contribution is -2.30. The van der Waals surface area contributed by atoms with Crippen LogP contribution in [-0.4, -0.2) is 23.8 Å². The fourth-order valence-corrected chi connectivity index (χ4v) is 2.77. The molecule has 1 N–H and O–H groups in total. The summed E-state index contributed by atoms with van der Waals surface area (Å²) in [5.41, 5.74) is 3.64. The van der Waals surface area contributed by atoms with E-state index >= 15 is 0 Å². The van der Waals surface area contributed by atoms with Crippen LogP contribution in [0.5, 0.6) is 5.75 Å². The number of hydrazone groups is 1. The first-order valence-corrected chi connectivity index (χ1v) is 8.86. The predicted molar refractivity (Wildman–Crippen MR) is 109 cm³/mol. The largest absolute Gasteiger partial charge is 0.497 e. The summed E-state index contributed by atoms with van der Waals surface area (Å²) in [6.45, 7) is 0.343. The summed E-state index contributed by atoms with van der Waals surface area (Å²) in [7, 11) is 1.59. The summed E-state index contributed by atoms with van der Waals surface area (Å²) in [6, 6.07) is 17.5. The summed E-state index contributed by atoms with van der Waals surface area (Å²) < 4.78 is 6.60. The monoisotopic (exact) mass is 395 g/mol. The molecule has 0 spiro atoms. The van der Waals surface area contributed by atoms with E-state index in [9.17, 15) is 9.59 Å². The second kappa shape index (κ2) is 9.01. The number of benzene rings is 2. The number of nitrogens with zero attached hydrogens (tertiary/aromatic N) is 2. The van der Waals surface area contributed by atoms with Crippen LogP contribution in [0.3, 0.4) is 0 Å². The Labute approximate surface area is 167 Å². The van der Waals surface area contributed by atoms with Crippen molar-refractivity contribution in [1.82, 2.24) is 9.99 Å². The second-order valence-corrected chi connectivity index (χ2v) is 6.39. The summed E-state index contributed by atoms with van der Waals surface area (Å²) in [6.07, 6.45) is 3.10. The average molecular weight is 396 g/mol. The highest BCUT2D eigenvalue weighted by Gasteiger charge is 2.11. The number of halogens is 1. The smallest absolute Gasteiger partial charge is 0.276 e. The van der Waals surface area contributed by atoms with Crippen LogP contribution in [0.1, 0.15) is 21.5 Å². The number of methoxy groups -OCH3 is 1. The zero-order valence-corrected chi connectivity index (χ0v) is 15.9. The van der Waals surface area contributed by atoms with E-state index in [4.69, 9.17) is 16.3 Å². The molecule has 3 rings (SSSR count). The normalized spacial score (nSPS) is 10.8. The van der Waals surface area contributed by atoms with Gasteiger partial charge in [0.15, 0.2) is 0 Å². The first-order valence-electron chi connectivity index (χ1n) is 8.48. The Morgan fingerprint density at radius 3 is 2.68 bits per heavy atom. The standard InChI is InChI=1S/C21H18ClN3O3/c1-28-18-9-7-15(8-10-18)14-25-11-3-6-19(21(25)27)20(26)24-23-13-16-4-2-5-17(22)12-16/h2-13H,14H2,1H3,(H,24,26)/b23-13-. The van der Waals surface area contributed by atoms with Crippen molar-refractivity contribution >= 4 is 23.7 Å². The van der Waals surface area contributed by atoms with Crippen LogP contribution < -0.4 is 15.7 Å². The maximum absolute atomic E-state index is 12.6. The molecule has 1 amide bonds. The van der Waals surface area contributed by atoms with Gasteiger partial charge in [0.25, 0.3) is 11.5 Å². The number of amides is 1. The zero-order valence-electron chi connectivity index (χ0n) is 15.1. The van der Waals surface area contributed by atoms with Crippen LogP contribution >= 0.6 is 11.6 Å². The van der Waals surface area contributed by atoms with E-state index < -0.39 is 11.5 Å². The Bertz CT molecular complexity index is 1060. The van der Waals surface area contributed by atoms with Gasteiger partial charge in [-0.1, -0.05) is 35.9 Å². The molecule has 0 atom stereocenters. The third kappa shape index (κ3) is 4.86. The van der Waals surface area contributed by atoms with Crippen LogP contribution in [0.2, 0.25) is 5.02 Å². The lowest BCUT2D eigenvalue weighted by Gasteiger charge is -2.08. The Balaban J connectivity index is 1.72. The molecule has 2 aromatic carbocycles. The van der Waals surface area contributed by atoms with Gasteiger partial charge < -0.3 is 9.30 Å². The molecule has 6 nitrogen and oxygen atoms in total. The minimum Gasteiger partial charge on any atom is -0.497 e. The van der Waals surface area contributed by atoms with Crippen molar-refractivity contribution in [3.8, 4) is 5.75 Å². The fourth-order valence-electron chi connectivity index (χ4n) is 2.57. The van der Waals surface area contributed by atoms with Gasteiger partial charge in [0, 0.05) is 11.2 Å². The van der Waals surface area contributed by atoms with Gasteiger partial charge in [-0.3, -0.25) is 9.59 Å². The molecule has 1 aromatic heterocycles. The Kier molecular flexibility index (Phi) is 6.24. The highest BCUT2D eigenvalue weighted by molar-refractivity contribution is 6.30. The maximum Gasteiger partial charge on any atom is 0.276 e. The van der Waals surface area contributed by atoms with Gasteiger partial charge in [-0.25, -0.2) is 5.43 Å². The van der Waals surface area contributed by atoms with Crippen molar-refractivity contribution in [3.63, 3.8) is 0 Å². The number of ether oxygens (including phenoxy) is 1. The van der Waals surface area contributed by atoms with E-state index in [1.54, 1.807) is 43.6 Å². The van der Waals surface area contributed by atoms with Gasteiger partial charge >= 0.3 is 0 Å². The van der Waals surface area contributed by atoms with Gasteiger partial charge in [-0.2, -0.15) is 5.10 Å². The molecule has 0 aliphatic carbocycles. The lowest BCUT2D eigenvalue weighted by molar-refractivity contribution is 0.0953. The van der Waals surface area contributed by atoms with Crippen LogP contribution in [-0.2, 0) is 6.54 Å². The fraction of sp³-hybridized carbons (Fsp3) is 0.0952. The van der Waals surface area contributed by atoms with Crippen molar-refractivity contribution in [2.24, 2.45) is 5.10 Å². The molecule has 0 saturated heterocycles. The molecule has 0 radical (unpaired) electrons. The number of nitrogens with one attached hydrogen (secondary N) is 1. The topological polar surface area (TPSA) is 72.7 Å². The van der Waals surface area contributed by atoms with Crippen LogP contribution in [0, 0.1) is 0 Å². The molecule has 0 unspecified atom stereocenters. The van der Waals surface area contributed by atoms with Gasteiger partial charge in [-0.15, -0.1) is 0 Å². The first kappa shape index (κ1) is 19.4. The number of aromatic nitrogens is 1. The molecule has 0 fully saturated rings. The molecule has 142 valence electrons. The summed E-state index contributed by atoms with van der Waals surface area (Å²) in [4.78, 5) is 25.0. The Hall–Kier alpha value is -3.38. The van der Waals surface area contributed by atoms with Gasteiger partial charge in [-0.05, 0) is 47.5 Å². The van der Waals surface area contributed by atoms with Gasteiger partial charge in [0.05, 0.1) is 19.9 Å². The molecule has 7 heteroatoms. The van der Waals surface area contributed by atoms with Crippen molar-refractivity contribution < 1.29 is 9.53 Å². The molecule has 28 heavy (non-hydrogen) atoms. The number of carbonyl (C=O) groups excluding carboxylic acids is 1. The SMILES string of the molecule is COc1ccc(Cn2cccc(C(=O)N/N=C\c3cccc(Cl)c3)c2=O)cc1. The molecular formula is C21H18ClN3O3. The molecule has 0 aliphatic rings. The Morgan fingerprint density at radius 2 is 1.96 bits per heavy atom. The van der Waals surface area contributed by atoms with E-state index in [2.05, 4.69) is 10.5 Å². The number of rotatable bonds is 6. The van der Waals surface area contributed by atoms with Crippen LogP contribution in [0.25, 0.3) is 0 Å². The third-order valence-electron chi connectivity index (χ3n) is 4.01. The molecule has 0 aliphatic heterocycles. The van der Waals surface area contributed by atoms with E-state index in [0.717, 1.165) is 16.9 Å². The zero-order chi connectivity index (χ0) is 19.9. The molecule has 1 heterocycles. The third-order valence-corrected chi connectivity index (χ3v) is 4.24. The number of pyridine rings is 1. The summed E-state index contributed by atoms with van der Waals surface area (Å²) >= 11 is 5.90. The summed E-state index contributed by atoms with van der Waals surface area (Å²) in [5, 5.41) is 4.46. The predicted octanol–water partition coefficient (Wildman–Crippen LogP) is 3.32. The van der Waals surface area contributed by atoms with Crippen molar-refractivity contribution in [2.75, 3.05) is 7.11 Å². The van der Waals surface area contributed by atoms with E-state index in [-0.39, 0.29) is 5.56 Å². The Morgan fingerprint density at radius 1 is 1.18 bits per heavy atom. The van der Waals surface area contributed by atoms with E-state index in [1.165, 1.54) is 16.8 Å². The molecule has 0 bridgehead atoms. The van der Waals surface area contributed by atoms with E-state index in [1.807, 2.05) is 24.3 Å². The van der Waals surface area contributed by atoms with Crippen molar-refractivity contribution in [2.45, 2.75) is 6.54 Å². The van der Waals surface area contributed by atoms with Crippen LogP contribution in [0.4, 0.5) is 0 Å². The van der Waals surface area contributed by atoms with Gasteiger partial charge in [0.1, 0.15) is 11.3 Å². The number of hydrogen-bond donors (Lipinski definition) is 1. The first-order chi connectivity index (χ1) is 13.6. The minimum atomic E-state index is -0.577. The summed E-state index contributed by atoms with van der Waals surface area (Å²) in [5.74, 6) is 0.161.